The number of carbonyl (C=O) groups excluding carboxylic acids is 3. The molecule has 3 nitrogen and oxygen atoms in total. The van der Waals surface area contributed by atoms with Gasteiger partial charge in [-0.05, 0) is 0 Å². The molecule has 4 heteroatoms. The number of hydrogen-bond acceptors (Lipinski definition) is 3. The number of carbonyl (C=O) groups is 3. The fraction of sp³-hybridized carbons (Fsp3) is 0. The molecule has 0 aromatic carbocycles. The molecule has 1 rings (SSSR count). The van der Waals surface area contributed by atoms with Crippen LogP contribution in [0, 0.1) is 0 Å². The van der Waals surface area contributed by atoms with Gasteiger partial charge in [-0.1, -0.05) is 0 Å². The van der Waals surface area contributed by atoms with E-state index in [-0.39, 0.29) is 0 Å². The summed E-state index contributed by atoms with van der Waals surface area (Å²) in [5, 5.41) is 1.42. The van der Waals surface area contributed by atoms with Crippen LogP contribution in [-0.4, -0.2) is 15.6 Å². The molecule has 0 heterocycles. The van der Waals surface area contributed by atoms with E-state index in [0.29, 0.717) is 20.0 Å². The molecule has 0 unspecified atom stereocenters. The van der Waals surface area contributed by atoms with Crippen molar-refractivity contribution < 1.29 is 27.2 Å². The van der Waals surface area contributed by atoms with Crippen molar-refractivity contribution in [1.29, 1.82) is 0 Å². The molecule has 0 aromatic rings. The minimum absolute atomic E-state index is 0.475. The van der Waals surface area contributed by atoms with Crippen LogP contribution in [-0.2, 0) is 27.2 Å². The molecule has 0 fully saturated rings. The van der Waals surface area contributed by atoms with Crippen LogP contribution in [0.4, 0.5) is 0 Å². The fourth-order valence-corrected chi connectivity index (χ4v) is 2.43. The molecule has 0 bridgehead atoms. The molecular formula is C11H10FeO3. The first kappa shape index (κ1) is 11.6. The fourth-order valence-electron chi connectivity index (χ4n) is 0.946. The summed E-state index contributed by atoms with van der Waals surface area (Å²) in [6.07, 6.45) is 12.0. The molecule has 1 aliphatic rings. The van der Waals surface area contributed by atoms with E-state index in [9.17, 15) is 14.4 Å². The van der Waals surface area contributed by atoms with Gasteiger partial charge in [-0.25, -0.2) is 0 Å². The zero-order valence-electron chi connectivity index (χ0n) is 7.85. The second-order valence-corrected chi connectivity index (χ2v) is 6.05. The summed E-state index contributed by atoms with van der Waals surface area (Å²) in [6, 6.07) is 0. The van der Waals surface area contributed by atoms with Crippen molar-refractivity contribution in [3.8, 4) is 0 Å². The third-order valence-electron chi connectivity index (χ3n) is 1.71. The Morgan fingerprint density at radius 2 is 1.33 bits per heavy atom. The maximum absolute atomic E-state index is 10.9. The third kappa shape index (κ3) is 2.49. The minimum atomic E-state index is -3.07. The first-order valence-corrected chi connectivity index (χ1v) is 6.54. The van der Waals surface area contributed by atoms with E-state index in [0.717, 1.165) is 0 Å². The molecular weight excluding hydrogens is 236 g/mol. The van der Waals surface area contributed by atoms with Crippen LogP contribution >= 0.6 is 0 Å². The Bertz CT molecular complexity index is 367. The average molecular weight is 246 g/mol. The summed E-state index contributed by atoms with van der Waals surface area (Å²) in [4.78, 5) is 32.6. The molecule has 80 valence electrons. The van der Waals surface area contributed by atoms with Gasteiger partial charge in [-0.2, -0.15) is 0 Å². The zero-order valence-corrected chi connectivity index (χ0v) is 8.96. The molecule has 0 radical (unpaired) electrons. The predicted octanol–water partition coefficient (Wildman–Crippen LogP) is 1.28. The normalized spacial score (nSPS) is 16.1. The van der Waals surface area contributed by atoms with Crippen LogP contribution in [0.15, 0.2) is 47.0 Å². The van der Waals surface area contributed by atoms with Crippen LogP contribution in [0.1, 0.15) is 0 Å². The van der Waals surface area contributed by atoms with Crippen molar-refractivity contribution in [2.75, 3.05) is 0 Å². The van der Waals surface area contributed by atoms with E-state index >= 15 is 0 Å². The van der Waals surface area contributed by atoms with Gasteiger partial charge in [-0.3, -0.25) is 0 Å². The Balaban J connectivity index is 3.18. The van der Waals surface area contributed by atoms with Gasteiger partial charge >= 0.3 is 89.8 Å². The van der Waals surface area contributed by atoms with Gasteiger partial charge in [0.1, 0.15) is 0 Å². The Kier molecular flexibility index (Phi) is 4.16. The van der Waals surface area contributed by atoms with Gasteiger partial charge in [0.15, 0.2) is 0 Å². The number of allylic oxidation sites excluding steroid dienone is 8. The first-order valence-electron chi connectivity index (χ1n) is 4.07. The monoisotopic (exact) mass is 246 g/mol. The molecule has 15 heavy (non-hydrogen) atoms. The van der Waals surface area contributed by atoms with E-state index in [4.69, 9.17) is 0 Å². The van der Waals surface area contributed by atoms with Gasteiger partial charge in [0, 0.05) is 0 Å². The third-order valence-corrected chi connectivity index (χ3v) is 4.48. The predicted molar refractivity (Wildman–Crippen MR) is 55.8 cm³/mol. The van der Waals surface area contributed by atoms with E-state index in [1.54, 1.807) is 36.5 Å². The first-order chi connectivity index (χ1) is 7.29. The van der Waals surface area contributed by atoms with Crippen LogP contribution in [0.2, 0.25) is 0 Å². The van der Waals surface area contributed by atoms with E-state index < -0.39 is 12.8 Å². The Labute approximate surface area is 90.1 Å². The average Bonchev–Trinajstić information content (AvgIpc) is 2.23. The summed E-state index contributed by atoms with van der Waals surface area (Å²) < 4.78 is 0.489. The van der Waals surface area contributed by atoms with Crippen molar-refractivity contribution in [3.05, 3.63) is 47.0 Å². The molecule has 1 aliphatic carbocycles. The molecule has 0 spiro atoms. The summed E-state index contributed by atoms with van der Waals surface area (Å²) in [5.41, 5.74) is 0. The molecule has 0 atom stereocenters. The second kappa shape index (κ2) is 5.39. The topological polar surface area (TPSA) is 51.2 Å². The Hall–Kier alpha value is -1.51. The summed E-state index contributed by atoms with van der Waals surface area (Å²) in [6.45, 7) is 0. The Morgan fingerprint density at radius 3 is 1.93 bits per heavy atom. The SMILES string of the molecule is O=[CH][Fe]([CH]=O)([CH]=O)[C]1=CC=CC=CC=C1. The van der Waals surface area contributed by atoms with Gasteiger partial charge in [0.05, 0.1) is 0 Å². The van der Waals surface area contributed by atoms with Gasteiger partial charge in [0.25, 0.3) is 0 Å². The van der Waals surface area contributed by atoms with Crippen LogP contribution in [0.5, 0.6) is 0 Å². The molecule has 0 saturated carbocycles. The van der Waals surface area contributed by atoms with E-state index in [1.165, 1.54) is 0 Å². The Morgan fingerprint density at radius 1 is 0.800 bits per heavy atom. The van der Waals surface area contributed by atoms with Crippen molar-refractivity contribution >= 4 is 15.6 Å². The van der Waals surface area contributed by atoms with Gasteiger partial charge in [-0.15, -0.1) is 0 Å². The zero-order chi connectivity index (χ0) is 11.1. The van der Waals surface area contributed by atoms with Crippen LogP contribution in [0.25, 0.3) is 0 Å². The van der Waals surface area contributed by atoms with Crippen molar-refractivity contribution in [2.24, 2.45) is 0 Å². The van der Waals surface area contributed by atoms with Gasteiger partial charge < -0.3 is 0 Å². The molecule has 0 aromatic heterocycles. The van der Waals surface area contributed by atoms with Crippen LogP contribution < -0.4 is 0 Å². The van der Waals surface area contributed by atoms with E-state index in [1.807, 2.05) is 6.08 Å². The van der Waals surface area contributed by atoms with Crippen molar-refractivity contribution in [2.45, 2.75) is 0 Å². The molecule has 0 saturated heterocycles. The van der Waals surface area contributed by atoms with Crippen molar-refractivity contribution in [1.82, 2.24) is 0 Å². The molecule has 0 amide bonds. The van der Waals surface area contributed by atoms with Crippen molar-refractivity contribution in [3.63, 3.8) is 0 Å². The van der Waals surface area contributed by atoms with Crippen LogP contribution in [0.3, 0.4) is 0 Å². The summed E-state index contributed by atoms with van der Waals surface area (Å²) in [5.74, 6) is 0. The molecule has 0 N–H and O–H groups in total. The summed E-state index contributed by atoms with van der Waals surface area (Å²) in [7, 11) is 0. The quantitative estimate of drug-likeness (QED) is 0.554. The number of rotatable bonds is 4. The maximum atomic E-state index is 10.9. The van der Waals surface area contributed by atoms with E-state index in [2.05, 4.69) is 0 Å². The standard InChI is InChI=1S/C8H7.3CHO.Fe/c1-2-4-6-8-7-5-3-1;3*1-2;/h1-7H;3*1H;. The van der Waals surface area contributed by atoms with Gasteiger partial charge in [0.2, 0.25) is 0 Å². The second-order valence-electron chi connectivity index (χ2n) is 2.58. The molecule has 0 aliphatic heterocycles. The number of hydrogen-bond donors (Lipinski definition) is 0. The summed E-state index contributed by atoms with van der Waals surface area (Å²) >= 11 is -3.07.